The molecular weight excluding hydrogens is 334 g/mol. The first-order valence-electron chi connectivity index (χ1n) is 8.99. The summed E-state index contributed by atoms with van der Waals surface area (Å²) in [6.07, 6.45) is 3.50. The van der Waals surface area contributed by atoms with Crippen LogP contribution >= 0.6 is 0 Å². The Bertz CT molecular complexity index is 1100. The van der Waals surface area contributed by atoms with Gasteiger partial charge < -0.3 is 10.3 Å². The van der Waals surface area contributed by atoms with Crippen molar-refractivity contribution in [3.63, 3.8) is 0 Å². The van der Waals surface area contributed by atoms with E-state index in [0.29, 0.717) is 5.69 Å². The number of H-pyrrole nitrogens is 1. The highest BCUT2D eigenvalue weighted by atomic mass is 16.2. The summed E-state index contributed by atoms with van der Waals surface area (Å²) >= 11 is 0. The average Bonchev–Trinajstić information content (AvgIpc) is 3.04. The van der Waals surface area contributed by atoms with E-state index in [9.17, 15) is 4.79 Å². The molecule has 4 aromatic rings. The normalized spacial score (nSPS) is 12.1. The Morgan fingerprint density at radius 3 is 2.41 bits per heavy atom. The third kappa shape index (κ3) is 3.22. The van der Waals surface area contributed by atoms with Crippen LogP contribution in [0.3, 0.4) is 0 Å². The molecule has 2 heterocycles. The van der Waals surface area contributed by atoms with Gasteiger partial charge in [-0.15, -0.1) is 0 Å². The number of hydrogen-bond acceptors (Lipinski definition) is 2. The Kier molecular flexibility index (Phi) is 4.47. The zero-order chi connectivity index (χ0) is 18.8. The molecule has 0 aliphatic carbocycles. The maximum absolute atomic E-state index is 13.1. The molecule has 1 atom stereocenters. The summed E-state index contributed by atoms with van der Waals surface area (Å²) in [4.78, 5) is 20.5. The zero-order valence-electron chi connectivity index (χ0n) is 15.4. The summed E-state index contributed by atoms with van der Waals surface area (Å²) in [6, 6.07) is 19.7. The lowest BCUT2D eigenvalue weighted by molar-refractivity contribution is 0.0938. The Morgan fingerprint density at radius 1 is 0.963 bits per heavy atom. The van der Waals surface area contributed by atoms with E-state index in [1.165, 1.54) is 0 Å². The van der Waals surface area contributed by atoms with Gasteiger partial charge in [0, 0.05) is 23.3 Å². The minimum atomic E-state index is -0.243. The molecule has 1 amide bonds. The topological polar surface area (TPSA) is 57.8 Å². The molecule has 4 heteroatoms. The van der Waals surface area contributed by atoms with Gasteiger partial charge in [-0.05, 0) is 54.3 Å². The fourth-order valence-electron chi connectivity index (χ4n) is 3.52. The predicted octanol–water partition coefficient (Wildman–Crippen LogP) is 4.70. The lowest BCUT2D eigenvalue weighted by Crippen LogP contribution is -2.30. The Labute approximate surface area is 158 Å². The van der Waals surface area contributed by atoms with Gasteiger partial charge in [0.05, 0.1) is 6.04 Å². The van der Waals surface area contributed by atoms with Gasteiger partial charge in [-0.3, -0.25) is 9.78 Å². The predicted molar refractivity (Wildman–Crippen MR) is 108 cm³/mol. The van der Waals surface area contributed by atoms with Gasteiger partial charge in [-0.2, -0.15) is 0 Å². The number of benzene rings is 2. The Morgan fingerprint density at radius 2 is 1.67 bits per heavy atom. The molecule has 27 heavy (non-hydrogen) atoms. The van der Waals surface area contributed by atoms with Crippen molar-refractivity contribution in [2.75, 3.05) is 0 Å². The van der Waals surface area contributed by atoms with Crippen LogP contribution in [-0.4, -0.2) is 15.9 Å². The van der Waals surface area contributed by atoms with E-state index in [2.05, 4.69) is 34.3 Å². The molecule has 0 aliphatic heterocycles. The highest BCUT2D eigenvalue weighted by molar-refractivity contribution is 6.01. The van der Waals surface area contributed by atoms with Crippen LogP contribution in [0.15, 0.2) is 73.1 Å². The first kappa shape index (κ1) is 17.0. The summed E-state index contributed by atoms with van der Waals surface area (Å²) in [5.74, 6) is -0.117. The first-order valence-corrected chi connectivity index (χ1v) is 8.99. The number of nitrogens with zero attached hydrogens (tertiary/aromatic N) is 1. The van der Waals surface area contributed by atoms with Gasteiger partial charge >= 0.3 is 0 Å². The molecule has 0 bridgehead atoms. The number of aromatic nitrogens is 2. The van der Waals surface area contributed by atoms with E-state index in [4.69, 9.17) is 0 Å². The van der Waals surface area contributed by atoms with Crippen LogP contribution in [0.25, 0.3) is 10.9 Å². The molecule has 4 rings (SSSR count). The fourth-order valence-corrected chi connectivity index (χ4v) is 3.52. The van der Waals surface area contributed by atoms with Crippen LogP contribution in [-0.2, 0) is 0 Å². The van der Waals surface area contributed by atoms with E-state index in [1.54, 1.807) is 12.4 Å². The number of hydrogen-bond donors (Lipinski definition) is 2. The standard InChI is InChI=1S/C23H21N3O/c1-15-7-3-4-8-18(15)22(17-11-13-24-14-12-17)26-23(27)21-16(2)19-9-5-6-10-20(19)25-21/h3-14,22,25H,1-2H3,(H,26,27)/t22-/m0/s1. The van der Waals surface area contributed by atoms with E-state index in [0.717, 1.165) is 33.2 Å². The SMILES string of the molecule is Cc1ccccc1[C@@H](NC(=O)c1[nH]c2ccccc2c1C)c1ccncc1. The number of pyridine rings is 1. The molecule has 0 saturated carbocycles. The maximum Gasteiger partial charge on any atom is 0.268 e. The van der Waals surface area contributed by atoms with Crippen LogP contribution in [0.1, 0.15) is 38.8 Å². The average molecular weight is 355 g/mol. The summed E-state index contributed by atoms with van der Waals surface area (Å²) in [5, 5.41) is 4.28. The summed E-state index contributed by atoms with van der Waals surface area (Å²) in [6.45, 7) is 4.03. The van der Waals surface area contributed by atoms with Crippen molar-refractivity contribution in [3.05, 3.63) is 101 Å². The monoisotopic (exact) mass is 355 g/mol. The molecule has 4 nitrogen and oxygen atoms in total. The second kappa shape index (κ2) is 7.08. The number of amides is 1. The van der Waals surface area contributed by atoms with Crippen molar-refractivity contribution in [1.29, 1.82) is 0 Å². The van der Waals surface area contributed by atoms with Gasteiger partial charge in [0.2, 0.25) is 0 Å². The molecule has 0 spiro atoms. The number of carbonyl (C=O) groups excluding carboxylic acids is 1. The van der Waals surface area contributed by atoms with Crippen molar-refractivity contribution < 1.29 is 4.79 Å². The molecule has 0 unspecified atom stereocenters. The number of aromatic amines is 1. The molecule has 2 aromatic carbocycles. The van der Waals surface area contributed by atoms with Crippen LogP contribution in [0, 0.1) is 13.8 Å². The van der Waals surface area contributed by atoms with E-state index < -0.39 is 0 Å². The molecule has 2 N–H and O–H groups in total. The quantitative estimate of drug-likeness (QED) is 0.557. The van der Waals surface area contributed by atoms with E-state index in [1.807, 2.05) is 55.5 Å². The first-order chi connectivity index (χ1) is 13.1. The van der Waals surface area contributed by atoms with Crippen molar-refractivity contribution >= 4 is 16.8 Å². The minimum absolute atomic E-state index is 0.117. The lowest BCUT2D eigenvalue weighted by atomic mass is 9.95. The molecule has 2 aromatic heterocycles. The number of fused-ring (bicyclic) bond motifs is 1. The number of aryl methyl sites for hydroxylation is 2. The van der Waals surface area contributed by atoms with Crippen LogP contribution in [0.5, 0.6) is 0 Å². The highest BCUT2D eigenvalue weighted by Gasteiger charge is 2.22. The number of nitrogens with one attached hydrogen (secondary N) is 2. The fraction of sp³-hybridized carbons (Fsp3) is 0.130. The van der Waals surface area contributed by atoms with Gasteiger partial charge in [-0.25, -0.2) is 0 Å². The highest BCUT2D eigenvalue weighted by Crippen LogP contribution is 2.26. The molecule has 0 radical (unpaired) electrons. The van der Waals surface area contributed by atoms with Crippen molar-refractivity contribution in [2.45, 2.75) is 19.9 Å². The minimum Gasteiger partial charge on any atom is -0.350 e. The lowest BCUT2D eigenvalue weighted by Gasteiger charge is -2.21. The van der Waals surface area contributed by atoms with Crippen LogP contribution in [0.2, 0.25) is 0 Å². The maximum atomic E-state index is 13.1. The van der Waals surface area contributed by atoms with Gasteiger partial charge in [0.25, 0.3) is 5.91 Å². The summed E-state index contributed by atoms with van der Waals surface area (Å²) in [7, 11) is 0. The second-order valence-electron chi connectivity index (χ2n) is 6.71. The Hall–Kier alpha value is -3.40. The third-order valence-corrected chi connectivity index (χ3v) is 5.01. The van der Waals surface area contributed by atoms with Crippen molar-refractivity contribution in [2.24, 2.45) is 0 Å². The summed E-state index contributed by atoms with van der Waals surface area (Å²) < 4.78 is 0. The second-order valence-corrected chi connectivity index (χ2v) is 6.71. The number of rotatable bonds is 4. The molecule has 0 fully saturated rings. The van der Waals surface area contributed by atoms with Gasteiger partial charge in [0.1, 0.15) is 5.69 Å². The summed E-state index contributed by atoms with van der Waals surface area (Å²) in [5.41, 5.74) is 5.74. The molecular formula is C23H21N3O. The van der Waals surface area contributed by atoms with Gasteiger partial charge in [-0.1, -0.05) is 42.5 Å². The Balaban J connectivity index is 1.74. The van der Waals surface area contributed by atoms with Crippen LogP contribution in [0.4, 0.5) is 0 Å². The number of carbonyl (C=O) groups is 1. The smallest absolute Gasteiger partial charge is 0.268 e. The van der Waals surface area contributed by atoms with Crippen molar-refractivity contribution in [1.82, 2.24) is 15.3 Å². The zero-order valence-corrected chi connectivity index (χ0v) is 15.4. The third-order valence-electron chi connectivity index (χ3n) is 5.01. The molecule has 0 saturated heterocycles. The van der Waals surface area contributed by atoms with Crippen LogP contribution < -0.4 is 5.32 Å². The number of para-hydroxylation sites is 1. The van der Waals surface area contributed by atoms with Gasteiger partial charge in [0.15, 0.2) is 0 Å². The van der Waals surface area contributed by atoms with Crippen molar-refractivity contribution in [3.8, 4) is 0 Å². The largest absolute Gasteiger partial charge is 0.350 e. The van der Waals surface area contributed by atoms with E-state index in [-0.39, 0.29) is 11.9 Å². The molecule has 0 aliphatic rings. The van der Waals surface area contributed by atoms with E-state index >= 15 is 0 Å². The molecule has 134 valence electrons.